The Kier molecular flexibility index (Phi) is 5.66. The van der Waals surface area contributed by atoms with Gasteiger partial charge in [0.1, 0.15) is 5.76 Å². The SMILES string of the molecule is CC(=O)C1=C(C)NC(SCc2cccc([N+](=O)[O-])c2)=C(C#N)[C@@H]1c1ccco1. The van der Waals surface area contributed by atoms with E-state index in [4.69, 9.17) is 4.42 Å². The van der Waals surface area contributed by atoms with Gasteiger partial charge in [-0.1, -0.05) is 12.1 Å². The van der Waals surface area contributed by atoms with Crippen LogP contribution in [0.25, 0.3) is 0 Å². The molecule has 2 aromatic rings. The molecule has 0 fully saturated rings. The fourth-order valence-electron chi connectivity index (χ4n) is 3.15. The maximum Gasteiger partial charge on any atom is 0.269 e. The fourth-order valence-corrected chi connectivity index (χ4v) is 4.18. The van der Waals surface area contributed by atoms with Gasteiger partial charge in [-0.3, -0.25) is 14.9 Å². The van der Waals surface area contributed by atoms with Gasteiger partial charge >= 0.3 is 0 Å². The molecule has 0 saturated heterocycles. The number of nitriles is 1. The number of nitro groups is 1. The predicted molar refractivity (Wildman–Crippen MR) is 105 cm³/mol. The zero-order valence-corrected chi connectivity index (χ0v) is 16.1. The molecule has 8 heteroatoms. The molecule has 1 aliphatic rings. The maximum atomic E-state index is 12.2. The number of thioether (sulfide) groups is 1. The molecule has 0 saturated carbocycles. The highest BCUT2D eigenvalue weighted by molar-refractivity contribution is 8.02. The number of benzene rings is 1. The average molecular weight is 395 g/mol. The van der Waals surface area contributed by atoms with Crippen molar-refractivity contribution in [3.05, 3.63) is 86.0 Å². The average Bonchev–Trinajstić information content (AvgIpc) is 3.20. The fraction of sp³-hybridized carbons (Fsp3) is 0.200. The van der Waals surface area contributed by atoms with Crippen molar-refractivity contribution in [3.63, 3.8) is 0 Å². The Balaban J connectivity index is 1.94. The molecule has 7 nitrogen and oxygen atoms in total. The van der Waals surface area contributed by atoms with Crippen LogP contribution in [0.1, 0.15) is 31.1 Å². The summed E-state index contributed by atoms with van der Waals surface area (Å²) in [6.45, 7) is 3.25. The molecule has 0 aliphatic carbocycles. The minimum absolute atomic E-state index is 0.0209. The lowest BCUT2D eigenvalue weighted by Crippen LogP contribution is -2.26. The molecule has 142 valence electrons. The van der Waals surface area contributed by atoms with Crippen molar-refractivity contribution >= 4 is 23.2 Å². The number of ketones is 1. The number of nitro benzene ring substituents is 1. The number of allylic oxidation sites excluding steroid dienone is 3. The molecule has 1 aromatic heterocycles. The molecule has 0 unspecified atom stereocenters. The van der Waals surface area contributed by atoms with E-state index < -0.39 is 10.8 Å². The van der Waals surface area contributed by atoms with Gasteiger partial charge in [0.2, 0.25) is 0 Å². The lowest BCUT2D eigenvalue weighted by Gasteiger charge is -2.27. The van der Waals surface area contributed by atoms with Gasteiger partial charge in [-0.15, -0.1) is 11.8 Å². The summed E-state index contributed by atoms with van der Waals surface area (Å²) >= 11 is 1.36. The van der Waals surface area contributed by atoms with Crippen molar-refractivity contribution in [2.75, 3.05) is 0 Å². The van der Waals surface area contributed by atoms with Crippen LogP contribution in [0.15, 0.2) is 69.0 Å². The molecule has 28 heavy (non-hydrogen) atoms. The van der Waals surface area contributed by atoms with E-state index in [1.165, 1.54) is 37.1 Å². The number of nitrogens with zero attached hydrogens (tertiary/aromatic N) is 2. The van der Waals surface area contributed by atoms with Gasteiger partial charge in [0.15, 0.2) is 5.78 Å². The number of rotatable bonds is 6. The number of Topliss-reactive ketones (excluding diaryl/α,β-unsaturated/α-hetero) is 1. The normalized spacial score (nSPS) is 16.5. The highest BCUT2D eigenvalue weighted by Gasteiger charge is 2.34. The summed E-state index contributed by atoms with van der Waals surface area (Å²) in [4.78, 5) is 22.7. The van der Waals surface area contributed by atoms with Crippen LogP contribution in [-0.4, -0.2) is 10.7 Å². The van der Waals surface area contributed by atoms with Crippen molar-refractivity contribution in [3.8, 4) is 6.07 Å². The molecule has 1 aliphatic heterocycles. The molecule has 1 atom stereocenters. The first kappa shape index (κ1) is 19.5. The molecule has 0 radical (unpaired) electrons. The van der Waals surface area contributed by atoms with E-state index in [1.807, 2.05) is 0 Å². The minimum atomic E-state index is -0.577. The quantitative estimate of drug-likeness (QED) is 0.570. The lowest BCUT2D eigenvalue weighted by molar-refractivity contribution is -0.384. The van der Waals surface area contributed by atoms with E-state index in [0.717, 1.165) is 5.56 Å². The van der Waals surface area contributed by atoms with Crippen LogP contribution < -0.4 is 5.32 Å². The van der Waals surface area contributed by atoms with E-state index in [9.17, 15) is 20.2 Å². The third kappa shape index (κ3) is 3.85. The Bertz CT molecular complexity index is 1030. The summed E-state index contributed by atoms with van der Waals surface area (Å²) in [5, 5.41) is 24.5. The molecule has 1 N–H and O–H groups in total. The highest BCUT2D eigenvalue weighted by Crippen LogP contribution is 2.41. The second-order valence-corrected chi connectivity index (χ2v) is 7.22. The molecule has 0 bridgehead atoms. The van der Waals surface area contributed by atoms with E-state index in [2.05, 4.69) is 11.4 Å². The van der Waals surface area contributed by atoms with Crippen LogP contribution in [0.5, 0.6) is 0 Å². The number of furan rings is 1. The summed E-state index contributed by atoms with van der Waals surface area (Å²) in [5.41, 5.74) is 2.33. The van der Waals surface area contributed by atoms with E-state index in [1.54, 1.807) is 31.2 Å². The van der Waals surface area contributed by atoms with Crippen LogP contribution >= 0.6 is 11.8 Å². The lowest BCUT2D eigenvalue weighted by atomic mass is 9.84. The van der Waals surface area contributed by atoms with Crippen molar-refractivity contribution in [2.24, 2.45) is 0 Å². The zero-order valence-electron chi connectivity index (χ0n) is 15.3. The van der Waals surface area contributed by atoms with Gasteiger partial charge in [-0.2, -0.15) is 5.26 Å². The molecular weight excluding hydrogens is 378 g/mol. The van der Waals surface area contributed by atoms with Gasteiger partial charge in [0.25, 0.3) is 5.69 Å². The first-order valence-corrected chi connectivity index (χ1v) is 9.43. The number of nitrogens with one attached hydrogen (secondary N) is 1. The Hall–Kier alpha value is -3.31. The van der Waals surface area contributed by atoms with Gasteiger partial charge in [-0.05, 0) is 31.5 Å². The molecule has 3 rings (SSSR count). The summed E-state index contributed by atoms with van der Waals surface area (Å²) in [6, 6.07) is 12.0. The van der Waals surface area contributed by atoms with E-state index in [-0.39, 0.29) is 11.5 Å². The number of hydrogen-bond donors (Lipinski definition) is 1. The number of carbonyl (C=O) groups excluding carboxylic acids is 1. The van der Waals surface area contributed by atoms with Crippen LogP contribution in [0, 0.1) is 21.4 Å². The summed E-state index contributed by atoms with van der Waals surface area (Å²) in [6.07, 6.45) is 1.51. The molecule has 1 aromatic carbocycles. The molecule has 0 amide bonds. The van der Waals surface area contributed by atoms with E-state index >= 15 is 0 Å². The van der Waals surface area contributed by atoms with Crippen LogP contribution in [0.4, 0.5) is 5.69 Å². The predicted octanol–water partition coefficient (Wildman–Crippen LogP) is 4.41. The van der Waals surface area contributed by atoms with Gasteiger partial charge in [-0.25, -0.2) is 0 Å². The molecular formula is C20H17N3O4S. The number of non-ortho nitro benzene ring substituents is 1. The van der Waals surface area contributed by atoms with Crippen LogP contribution in [0.3, 0.4) is 0 Å². The Morgan fingerprint density at radius 1 is 1.39 bits per heavy atom. The van der Waals surface area contributed by atoms with Crippen molar-refractivity contribution in [2.45, 2.75) is 25.5 Å². The second-order valence-electron chi connectivity index (χ2n) is 6.24. The first-order chi connectivity index (χ1) is 13.4. The largest absolute Gasteiger partial charge is 0.468 e. The third-order valence-corrected chi connectivity index (χ3v) is 5.45. The van der Waals surface area contributed by atoms with E-state index in [0.29, 0.717) is 33.4 Å². The summed E-state index contributed by atoms with van der Waals surface area (Å²) in [5.74, 6) is 0.243. The smallest absolute Gasteiger partial charge is 0.269 e. The standard InChI is InChI=1S/C20H17N3O4S/c1-12-18(13(2)24)19(17-7-4-8-27-17)16(10-21)20(22-12)28-11-14-5-3-6-15(9-14)23(25)26/h3-9,19,22H,11H2,1-2H3/t19-/m1/s1. The number of hydrogen-bond acceptors (Lipinski definition) is 7. The van der Waals surface area contributed by atoms with Crippen molar-refractivity contribution in [1.29, 1.82) is 5.26 Å². The maximum absolute atomic E-state index is 12.2. The monoisotopic (exact) mass is 395 g/mol. The third-order valence-electron chi connectivity index (χ3n) is 4.36. The highest BCUT2D eigenvalue weighted by atomic mass is 32.2. The number of carbonyl (C=O) groups is 1. The number of dihydropyridines is 1. The second kappa shape index (κ2) is 8.15. The summed E-state index contributed by atoms with van der Waals surface area (Å²) < 4.78 is 5.50. The van der Waals surface area contributed by atoms with Crippen molar-refractivity contribution < 1.29 is 14.1 Å². The van der Waals surface area contributed by atoms with Gasteiger partial charge in [0, 0.05) is 29.2 Å². The zero-order chi connectivity index (χ0) is 20.3. The Morgan fingerprint density at radius 2 is 2.18 bits per heavy atom. The van der Waals surface area contributed by atoms with Gasteiger partial charge < -0.3 is 9.73 Å². The van der Waals surface area contributed by atoms with Crippen molar-refractivity contribution in [1.82, 2.24) is 5.32 Å². The van der Waals surface area contributed by atoms with Crippen LogP contribution in [-0.2, 0) is 10.5 Å². The Labute approximate surface area is 165 Å². The topological polar surface area (TPSA) is 109 Å². The molecule has 0 spiro atoms. The summed E-state index contributed by atoms with van der Waals surface area (Å²) in [7, 11) is 0. The minimum Gasteiger partial charge on any atom is -0.468 e. The Morgan fingerprint density at radius 3 is 2.79 bits per heavy atom. The molecule has 2 heterocycles. The first-order valence-electron chi connectivity index (χ1n) is 8.45. The van der Waals surface area contributed by atoms with Gasteiger partial charge in [0.05, 0.1) is 33.8 Å². The van der Waals surface area contributed by atoms with Crippen LogP contribution in [0.2, 0.25) is 0 Å².